The molecule has 0 bridgehead atoms. The van der Waals surface area contributed by atoms with Crippen LogP contribution in [0.5, 0.6) is 0 Å². The highest BCUT2D eigenvalue weighted by Gasteiger charge is 2.24. The number of anilines is 3. The number of urea groups is 1. The van der Waals surface area contributed by atoms with Crippen molar-refractivity contribution < 1.29 is 14.1 Å². The summed E-state index contributed by atoms with van der Waals surface area (Å²) in [5.41, 5.74) is 9.13. The second-order valence-corrected chi connectivity index (χ2v) is 6.73. The Kier molecular flexibility index (Phi) is 5.12. The molecule has 1 aromatic carbocycles. The number of carbonyl (C=O) groups excluding carboxylic acids is 2. The number of amides is 3. The summed E-state index contributed by atoms with van der Waals surface area (Å²) in [5.74, 6) is 0.261. The smallest absolute Gasteiger partial charge is 0.322 e. The number of nitrogens with zero attached hydrogens (tertiary/aromatic N) is 3. The minimum Gasteiger partial charge on any atom is -0.383 e. The Morgan fingerprint density at radius 3 is 2.90 bits per heavy atom. The van der Waals surface area contributed by atoms with Crippen molar-refractivity contribution in [2.24, 2.45) is 0 Å². The van der Waals surface area contributed by atoms with E-state index in [0.29, 0.717) is 48.0 Å². The molecular weight excluding hydrogens is 386 g/mol. The minimum atomic E-state index is -0.366. The van der Waals surface area contributed by atoms with Crippen LogP contribution in [0.3, 0.4) is 0 Å². The average molecular weight is 405 g/mol. The highest BCUT2D eigenvalue weighted by molar-refractivity contribution is 6.04. The van der Waals surface area contributed by atoms with Gasteiger partial charge in [0.05, 0.1) is 0 Å². The van der Waals surface area contributed by atoms with E-state index in [0.717, 1.165) is 11.1 Å². The van der Waals surface area contributed by atoms with Crippen LogP contribution >= 0.6 is 0 Å². The van der Waals surface area contributed by atoms with Crippen molar-refractivity contribution in [3.8, 4) is 0 Å². The van der Waals surface area contributed by atoms with Crippen LogP contribution in [-0.4, -0.2) is 39.7 Å². The van der Waals surface area contributed by atoms with Crippen molar-refractivity contribution in [2.45, 2.75) is 13.0 Å². The van der Waals surface area contributed by atoms with Gasteiger partial charge < -0.3 is 31.2 Å². The third kappa shape index (κ3) is 3.83. The standard InChI is InChI=1S/C20H19N7O3/c21-9-16-15-4-6-27(11-13(15)10-23-18(16)22)20(29)24-14-3-1-2-12(8-14)19(28)25-17-5-7-30-26-17/h1-3,5,7-10,21H,4,6,11H2,(H2,22,23)(H,24,29)(H,25,26,28). The quantitative estimate of drug-likeness (QED) is 0.490. The maximum atomic E-state index is 12.7. The molecule has 10 heteroatoms. The first-order valence-electron chi connectivity index (χ1n) is 9.19. The Labute approximate surface area is 171 Å². The van der Waals surface area contributed by atoms with Gasteiger partial charge in [-0.15, -0.1) is 0 Å². The van der Waals surface area contributed by atoms with Gasteiger partial charge in [0.2, 0.25) is 0 Å². The molecule has 3 amide bonds. The van der Waals surface area contributed by atoms with Crippen molar-refractivity contribution >= 4 is 35.5 Å². The van der Waals surface area contributed by atoms with Gasteiger partial charge >= 0.3 is 6.03 Å². The summed E-state index contributed by atoms with van der Waals surface area (Å²) in [6.45, 7) is 0.844. The van der Waals surface area contributed by atoms with E-state index in [-0.39, 0.29) is 11.9 Å². The first kappa shape index (κ1) is 19.1. The van der Waals surface area contributed by atoms with E-state index in [1.165, 1.54) is 18.5 Å². The summed E-state index contributed by atoms with van der Waals surface area (Å²) in [7, 11) is 0. The van der Waals surface area contributed by atoms with E-state index < -0.39 is 0 Å². The number of nitrogens with one attached hydrogen (secondary N) is 3. The number of pyridine rings is 1. The molecule has 2 aromatic heterocycles. The summed E-state index contributed by atoms with van der Waals surface area (Å²) in [6, 6.07) is 7.85. The topological polar surface area (TPSA) is 150 Å². The fourth-order valence-corrected chi connectivity index (χ4v) is 3.33. The number of fused-ring (bicyclic) bond motifs is 1. The largest absolute Gasteiger partial charge is 0.383 e. The van der Waals surface area contributed by atoms with Crippen LogP contribution in [0.15, 0.2) is 47.3 Å². The van der Waals surface area contributed by atoms with Crippen LogP contribution in [0.4, 0.5) is 22.1 Å². The van der Waals surface area contributed by atoms with E-state index in [1.54, 1.807) is 35.4 Å². The number of nitrogen functional groups attached to an aromatic ring is 1. The zero-order chi connectivity index (χ0) is 21.1. The summed E-state index contributed by atoms with van der Waals surface area (Å²) in [5, 5.41) is 16.6. The van der Waals surface area contributed by atoms with Crippen molar-refractivity contribution in [1.82, 2.24) is 15.0 Å². The summed E-state index contributed by atoms with van der Waals surface area (Å²) < 4.78 is 4.69. The molecule has 0 atom stereocenters. The molecule has 0 saturated heterocycles. The molecule has 3 aromatic rings. The van der Waals surface area contributed by atoms with Crippen molar-refractivity contribution in [2.75, 3.05) is 22.9 Å². The predicted octanol–water partition coefficient (Wildman–Crippen LogP) is 2.49. The fraction of sp³-hybridized carbons (Fsp3) is 0.150. The molecule has 0 aliphatic carbocycles. The summed E-state index contributed by atoms with van der Waals surface area (Å²) in [4.78, 5) is 30.8. The predicted molar refractivity (Wildman–Crippen MR) is 111 cm³/mol. The third-order valence-electron chi connectivity index (χ3n) is 4.83. The number of carbonyl (C=O) groups is 2. The second-order valence-electron chi connectivity index (χ2n) is 6.73. The van der Waals surface area contributed by atoms with Gasteiger partial charge in [0, 0.05) is 48.4 Å². The summed E-state index contributed by atoms with van der Waals surface area (Å²) in [6.07, 6.45) is 4.79. The lowest BCUT2D eigenvalue weighted by molar-refractivity contribution is 0.102. The highest BCUT2D eigenvalue weighted by Crippen LogP contribution is 2.24. The lowest BCUT2D eigenvalue weighted by atomic mass is 9.97. The van der Waals surface area contributed by atoms with E-state index in [9.17, 15) is 9.59 Å². The van der Waals surface area contributed by atoms with Gasteiger partial charge in [0.25, 0.3) is 5.91 Å². The van der Waals surface area contributed by atoms with E-state index in [1.807, 2.05) is 0 Å². The van der Waals surface area contributed by atoms with Gasteiger partial charge in [-0.25, -0.2) is 9.78 Å². The number of rotatable bonds is 4. The molecule has 0 radical (unpaired) electrons. The molecule has 0 fully saturated rings. The molecule has 3 heterocycles. The van der Waals surface area contributed by atoms with Crippen LogP contribution < -0.4 is 16.4 Å². The zero-order valence-electron chi connectivity index (χ0n) is 15.9. The molecule has 10 nitrogen and oxygen atoms in total. The lowest BCUT2D eigenvalue weighted by Crippen LogP contribution is -2.39. The molecule has 0 spiro atoms. The van der Waals surface area contributed by atoms with Gasteiger partial charge in [-0.3, -0.25) is 4.79 Å². The van der Waals surface area contributed by atoms with E-state index in [4.69, 9.17) is 11.1 Å². The summed E-state index contributed by atoms with van der Waals surface area (Å²) >= 11 is 0. The van der Waals surface area contributed by atoms with E-state index in [2.05, 4.69) is 25.3 Å². The maximum Gasteiger partial charge on any atom is 0.322 e. The molecule has 0 saturated carbocycles. The lowest BCUT2D eigenvalue weighted by Gasteiger charge is -2.29. The minimum absolute atomic E-state index is 0.289. The molecule has 1 aliphatic rings. The number of hydrogen-bond acceptors (Lipinski definition) is 7. The van der Waals surface area contributed by atoms with Crippen LogP contribution in [0.25, 0.3) is 0 Å². The van der Waals surface area contributed by atoms with Crippen molar-refractivity contribution in [1.29, 1.82) is 5.41 Å². The Hall–Kier alpha value is -4.21. The van der Waals surface area contributed by atoms with Crippen LogP contribution in [-0.2, 0) is 13.0 Å². The first-order chi connectivity index (χ1) is 14.5. The molecule has 152 valence electrons. The van der Waals surface area contributed by atoms with Gasteiger partial charge in [0.15, 0.2) is 5.82 Å². The van der Waals surface area contributed by atoms with Gasteiger partial charge in [-0.1, -0.05) is 11.2 Å². The van der Waals surface area contributed by atoms with Gasteiger partial charge in [0.1, 0.15) is 12.1 Å². The Balaban J connectivity index is 1.44. The monoisotopic (exact) mass is 405 g/mol. The van der Waals surface area contributed by atoms with Gasteiger partial charge in [-0.2, -0.15) is 0 Å². The third-order valence-corrected chi connectivity index (χ3v) is 4.83. The molecular formula is C20H19N7O3. The Morgan fingerprint density at radius 1 is 1.27 bits per heavy atom. The van der Waals surface area contributed by atoms with Crippen molar-refractivity contribution in [3.05, 3.63) is 65.0 Å². The van der Waals surface area contributed by atoms with Crippen LogP contribution in [0.2, 0.25) is 0 Å². The van der Waals surface area contributed by atoms with Crippen molar-refractivity contribution in [3.63, 3.8) is 0 Å². The fourth-order valence-electron chi connectivity index (χ4n) is 3.33. The Bertz CT molecular complexity index is 1110. The zero-order valence-corrected chi connectivity index (χ0v) is 15.9. The number of nitrogens with two attached hydrogens (primary N) is 1. The van der Waals surface area contributed by atoms with Crippen LogP contribution in [0.1, 0.15) is 27.0 Å². The van der Waals surface area contributed by atoms with Crippen LogP contribution in [0, 0.1) is 5.41 Å². The molecule has 5 N–H and O–H groups in total. The number of aromatic nitrogens is 2. The molecule has 4 rings (SSSR count). The number of hydrogen-bond donors (Lipinski definition) is 4. The first-order valence-corrected chi connectivity index (χ1v) is 9.19. The maximum absolute atomic E-state index is 12.7. The van der Waals surface area contributed by atoms with E-state index >= 15 is 0 Å². The molecule has 30 heavy (non-hydrogen) atoms. The van der Waals surface area contributed by atoms with Gasteiger partial charge in [-0.05, 0) is 35.7 Å². The average Bonchev–Trinajstić information content (AvgIpc) is 3.26. The molecule has 0 unspecified atom stereocenters. The number of benzene rings is 1. The normalized spacial score (nSPS) is 12.7. The second kappa shape index (κ2) is 8.03. The molecule has 1 aliphatic heterocycles. The highest BCUT2D eigenvalue weighted by atomic mass is 16.5. The Morgan fingerprint density at radius 2 is 2.13 bits per heavy atom. The SMILES string of the molecule is N=Cc1c(N)ncc2c1CCN(C(=O)Nc1cccc(C(=O)Nc3ccon3)c1)C2.